The van der Waals surface area contributed by atoms with E-state index in [1.165, 1.54) is 12.9 Å². The fourth-order valence-corrected chi connectivity index (χ4v) is 0.885. The van der Waals surface area contributed by atoms with E-state index >= 15 is 0 Å². The van der Waals surface area contributed by atoms with Gasteiger partial charge in [0.1, 0.15) is 0 Å². The van der Waals surface area contributed by atoms with Gasteiger partial charge in [-0.05, 0) is 11.9 Å². The van der Waals surface area contributed by atoms with Crippen molar-refractivity contribution in [2.75, 3.05) is 20.8 Å². The van der Waals surface area contributed by atoms with E-state index in [4.69, 9.17) is 19.3 Å². The van der Waals surface area contributed by atoms with Crippen molar-refractivity contribution in [2.24, 2.45) is 0 Å². The first-order valence-corrected chi connectivity index (χ1v) is 4.39. The van der Waals surface area contributed by atoms with Crippen LogP contribution in [0.4, 0.5) is 0 Å². The van der Waals surface area contributed by atoms with Gasteiger partial charge in [-0.2, -0.15) is 0 Å². The Labute approximate surface area is 67.4 Å². The highest BCUT2D eigenvalue weighted by Crippen LogP contribution is 2.24. The minimum Gasteiger partial charge on any atom is -0.382 e. The van der Waals surface area contributed by atoms with Crippen molar-refractivity contribution in [3.63, 3.8) is 0 Å². The average Bonchev–Trinajstić information content (AvgIpc) is 1.97. The predicted molar refractivity (Wildman–Crippen MR) is 43.2 cm³/mol. The van der Waals surface area contributed by atoms with Crippen LogP contribution in [0.2, 0.25) is 0 Å². The van der Waals surface area contributed by atoms with Gasteiger partial charge in [0.15, 0.2) is 8.38 Å². The average molecular weight is 180 g/mol. The molecule has 0 saturated carbocycles. The molecule has 0 aliphatic heterocycles. The zero-order chi connectivity index (χ0) is 8.69. The van der Waals surface area contributed by atoms with Gasteiger partial charge in [-0.3, -0.25) is 0 Å². The Bertz CT molecular complexity index is 115. The standard InChI is InChI=1S/C6H13O4P/c1-9-5-6(10-2)3-4-11(7)8/h3-4,6-8H,5H2,1-2H3/b4-3+. The van der Waals surface area contributed by atoms with Crippen LogP contribution in [0.5, 0.6) is 0 Å². The monoisotopic (exact) mass is 180 g/mol. The lowest BCUT2D eigenvalue weighted by molar-refractivity contribution is 0.0573. The summed E-state index contributed by atoms with van der Waals surface area (Å²) in [7, 11) is 1.12. The van der Waals surface area contributed by atoms with Crippen molar-refractivity contribution >= 4 is 8.38 Å². The van der Waals surface area contributed by atoms with E-state index < -0.39 is 8.38 Å². The number of hydrogen-bond donors (Lipinski definition) is 2. The predicted octanol–water partition coefficient (Wildman–Crippen LogP) is 0.458. The van der Waals surface area contributed by atoms with Crippen LogP contribution in [0.3, 0.4) is 0 Å². The molecule has 0 radical (unpaired) electrons. The van der Waals surface area contributed by atoms with Crippen LogP contribution in [0, 0.1) is 0 Å². The third kappa shape index (κ3) is 6.41. The highest BCUT2D eigenvalue weighted by molar-refractivity contribution is 7.48. The number of methoxy groups -OCH3 is 2. The number of ether oxygens (including phenoxy) is 2. The highest BCUT2D eigenvalue weighted by atomic mass is 31.2. The molecule has 0 fully saturated rings. The maximum Gasteiger partial charge on any atom is 0.191 e. The van der Waals surface area contributed by atoms with Gasteiger partial charge in [-0.25, -0.2) is 0 Å². The summed E-state index contributed by atoms with van der Waals surface area (Å²) in [4.78, 5) is 17.0. The Kier molecular flexibility index (Phi) is 6.71. The Morgan fingerprint density at radius 3 is 2.45 bits per heavy atom. The molecule has 1 atom stereocenters. The molecular weight excluding hydrogens is 167 g/mol. The smallest absolute Gasteiger partial charge is 0.191 e. The van der Waals surface area contributed by atoms with Gasteiger partial charge in [-0.1, -0.05) is 0 Å². The SMILES string of the molecule is COCC(/C=C/P(O)O)OC. The van der Waals surface area contributed by atoms with Crippen molar-refractivity contribution in [1.82, 2.24) is 0 Å². The quantitative estimate of drug-likeness (QED) is 0.603. The lowest BCUT2D eigenvalue weighted by Gasteiger charge is -2.08. The molecular formula is C6H13O4P. The second kappa shape index (κ2) is 6.70. The van der Waals surface area contributed by atoms with Crippen molar-refractivity contribution in [3.8, 4) is 0 Å². The molecule has 0 heterocycles. The van der Waals surface area contributed by atoms with Crippen molar-refractivity contribution in [2.45, 2.75) is 6.10 Å². The maximum absolute atomic E-state index is 8.50. The lowest BCUT2D eigenvalue weighted by Crippen LogP contribution is -2.13. The molecule has 0 spiro atoms. The van der Waals surface area contributed by atoms with Crippen LogP contribution in [0.15, 0.2) is 11.9 Å². The van der Waals surface area contributed by atoms with E-state index in [0.29, 0.717) is 6.61 Å². The molecule has 0 rings (SSSR count). The zero-order valence-electron chi connectivity index (χ0n) is 6.60. The molecule has 0 aromatic rings. The minimum absolute atomic E-state index is 0.204. The first kappa shape index (κ1) is 11.0. The van der Waals surface area contributed by atoms with Gasteiger partial charge >= 0.3 is 0 Å². The summed E-state index contributed by atoms with van der Waals surface area (Å²) in [6, 6.07) is 0. The van der Waals surface area contributed by atoms with E-state index in [1.54, 1.807) is 13.2 Å². The van der Waals surface area contributed by atoms with Crippen molar-refractivity contribution in [3.05, 3.63) is 11.9 Å². The lowest BCUT2D eigenvalue weighted by atomic mass is 10.4. The molecule has 4 nitrogen and oxygen atoms in total. The summed E-state index contributed by atoms with van der Waals surface area (Å²) in [6.45, 7) is 0.413. The Morgan fingerprint density at radius 2 is 2.09 bits per heavy atom. The topological polar surface area (TPSA) is 58.9 Å². The van der Waals surface area contributed by atoms with Crippen molar-refractivity contribution in [1.29, 1.82) is 0 Å². The summed E-state index contributed by atoms with van der Waals surface area (Å²) in [5.41, 5.74) is 0. The van der Waals surface area contributed by atoms with Crippen molar-refractivity contribution < 1.29 is 19.3 Å². The fourth-order valence-electron chi connectivity index (χ4n) is 0.539. The van der Waals surface area contributed by atoms with Gasteiger partial charge < -0.3 is 19.3 Å². The van der Waals surface area contributed by atoms with Gasteiger partial charge in [0.2, 0.25) is 0 Å². The van der Waals surface area contributed by atoms with Crippen LogP contribution in [0.25, 0.3) is 0 Å². The van der Waals surface area contributed by atoms with E-state index in [9.17, 15) is 0 Å². The van der Waals surface area contributed by atoms with E-state index in [-0.39, 0.29) is 6.10 Å². The molecule has 5 heteroatoms. The molecule has 0 aromatic heterocycles. The Hall–Kier alpha value is 0.01000. The van der Waals surface area contributed by atoms with Gasteiger partial charge in [-0.15, -0.1) is 0 Å². The third-order valence-electron chi connectivity index (χ3n) is 1.07. The van der Waals surface area contributed by atoms with Crippen LogP contribution in [-0.2, 0) is 9.47 Å². The molecule has 0 aliphatic carbocycles. The van der Waals surface area contributed by atoms with Gasteiger partial charge in [0, 0.05) is 14.2 Å². The summed E-state index contributed by atoms with van der Waals surface area (Å²) < 4.78 is 9.71. The second-order valence-corrected chi connectivity index (χ2v) is 2.83. The maximum atomic E-state index is 8.50. The molecule has 0 saturated heterocycles. The second-order valence-electron chi connectivity index (χ2n) is 1.89. The largest absolute Gasteiger partial charge is 0.382 e. The summed E-state index contributed by atoms with van der Waals surface area (Å²) in [5, 5.41) is 0. The van der Waals surface area contributed by atoms with Gasteiger partial charge in [0.05, 0.1) is 12.7 Å². The normalized spacial score (nSPS) is 14.6. The van der Waals surface area contributed by atoms with E-state index in [2.05, 4.69) is 0 Å². The summed E-state index contributed by atoms with van der Waals surface area (Å²) in [6.07, 6.45) is 1.36. The molecule has 0 bridgehead atoms. The fraction of sp³-hybridized carbons (Fsp3) is 0.667. The summed E-state index contributed by atoms with van der Waals surface area (Å²) >= 11 is 0. The molecule has 66 valence electrons. The van der Waals surface area contributed by atoms with Crippen LogP contribution < -0.4 is 0 Å². The number of hydrogen-bond acceptors (Lipinski definition) is 4. The van der Waals surface area contributed by atoms with Crippen LogP contribution in [-0.4, -0.2) is 36.7 Å². The molecule has 0 amide bonds. The molecule has 11 heavy (non-hydrogen) atoms. The molecule has 2 N–H and O–H groups in total. The highest BCUT2D eigenvalue weighted by Gasteiger charge is 2.01. The first-order valence-electron chi connectivity index (χ1n) is 3.07. The number of rotatable bonds is 5. The van der Waals surface area contributed by atoms with E-state index in [1.807, 2.05) is 0 Å². The Balaban J connectivity index is 3.66. The Morgan fingerprint density at radius 1 is 1.45 bits per heavy atom. The third-order valence-corrected chi connectivity index (χ3v) is 1.51. The van der Waals surface area contributed by atoms with Gasteiger partial charge in [0.25, 0.3) is 0 Å². The molecule has 0 aliphatic rings. The van der Waals surface area contributed by atoms with Crippen LogP contribution in [0.1, 0.15) is 0 Å². The first-order chi connectivity index (χ1) is 5.20. The molecule has 0 aromatic carbocycles. The minimum atomic E-state index is -1.97. The molecule has 1 unspecified atom stereocenters. The van der Waals surface area contributed by atoms with E-state index in [0.717, 1.165) is 0 Å². The van der Waals surface area contributed by atoms with Crippen LogP contribution >= 0.6 is 8.38 Å². The zero-order valence-corrected chi connectivity index (χ0v) is 7.49. The summed E-state index contributed by atoms with van der Waals surface area (Å²) in [5.74, 6) is 1.29.